The van der Waals surface area contributed by atoms with Crippen molar-refractivity contribution in [1.82, 2.24) is 0 Å². The van der Waals surface area contributed by atoms with Crippen LogP contribution in [0.15, 0.2) is 96.1 Å². The van der Waals surface area contributed by atoms with Gasteiger partial charge in [0, 0.05) is 22.3 Å². The van der Waals surface area contributed by atoms with Gasteiger partial charge in [-0.3, -0.25) is 0 Å². The van der Waals surface area contributed by atoms with Crippen molar-refractivity contribution < 1.29 is 21.2 Å². The quantitative estimate of drug-likeness (QED) is 0.0703. The molecule has 4 aromatic carbocycles. The van der Waals surface area contributed by atoms with Gasteiger partial charge in [-0.2, -0.15) is 72.8 Å². The van der Waals surface area contributed by atoms with E-state index in [-0.39, 0.29) is 16.5 Å². The van der Waals surface area contributed by atoms with E-state index in [1.165, 1.54) is 50.9 Å². The van der Waals surface area contributed by atoms with E-state index in [2.05, 4.69) is 91.8 Å². The largest absolute Gasteiger partial charge is 2.00 e. The Morgan fingerprint density at radius 3 is 1.22 bits per heavy atom. The summed E-state index contributed by atoms with van der Waals surface area (Å²) in [6, 6.07) is 34.4. The molecular weight excluding hydrogens is 663 g/mol. The van der Waals surface area contributed by atoms with Gasteiger partial charge in [-0.05, 0) is 123 Å². The summed E-state index contributed by atoms with van der Waals surface area (Å²) < 4.78 is 1.58. The van der Waals surface area contributed by atoms with Gasteiger partial charge in [-0.25, -0.2) is 4.70 Å². The Morgan fingerprint density at radius 2 is 0.902 bits per heavy atom. The zero-order valence-corrected chi connectivity index (χ0v) is 33.8. The molecule has 0 saturated carbocycles. The molecule has 0 saturated heterocycles. The number of unbranched alkanes of at least 4 members (excludes halogenated alkanes) is 2. The summed E-state index contributed by atoms with van der Waals surface area (Å²) in [4.78, 5) is 0. The summed E-state index contributed by atoms with van der Waals surface area (Å²) in [5, 5.41) is 0. The van der Waals surface area contributed by atoms with Crippen LogP contribution in [0.1, 0.15) is 137 Å². The summed E-state index contributed by atoms with van der Waals surface area (Å²) in [6.07, 6.45) is 13.4. The van der Waals surface area contributed by atoms with Crippen molar-refractivity contribution in [3.05, 3.63) is 158 Å². The minimum atomic E-state index is 0. The summed E-state index contributed by atoms with van der Waals surface area (Å²) in [5.74, 6) is 0. The monoisotopic (exact) mass is 724 g/mol. The Labute approximate surface area is 321 Å². The van der Waals surface area contributed by atoms with Crippen LogP contribution in [0.2, 0.25) is 0 Å². The van der Waals surface area contributed by atoms with E-state index < -0.39 is 0 Å². The zero-order valence-electron chi connectivity index (χ0n) is 32.8. The number of hydrogen-bond donors (Lipinski definition) is 0. The van der Waals surface area contributed by atoms with Gasteiger partial charge in [0.25, 0.3) is 0 Å². The molecule has 0 radical (unpaired) electrons. The Balaban J connectivity index is 0.000000580. The third-order valence-electron chi connectivity index (χ3n) is 9.58. The first-order chi connectivity index (χ1) is 24.3. The molecule has 1 aliphatic rings. The van der Waals surface area contributed by atoms with Crippen molar-refractivity contribution in [3.8, 4) is 0 Å². The molecule has 0 fully saturated rings. The van der Waals surface area contributed by atoms with Crippen LogP contribution >= 0.6 is 0 Å². The van der Waals surface area contributed by atoms with Gasteiger partial charge in [0.1, 0.15) is 0 Å². The van der Waals surface area contributed by atoms with E-state index >= 15 is 0 Å². The van der Waals surface area contributed by atoms with E-state index in [0.717, 1.165) is 87.6 Å². The topological polar surface area (TPSA) is 25.3 Å². The molecule has 0 aliphatic carbocycles. The van der Waals surface area contributed by atoms with E-state index in [1.807, 2.05) is 60.7 Å². The predicted molar refractivity (Wildman–Crippen MR) is 216 cm³/mol. The van der Waals surface area contributed by atoms with Crippen molar-refractivity contribution in [2.24, 2.45) is 0 Å². The maximum atomic E-state index is 12.1. The standard InChI is InChI=1S/C36H52N2.2C6H5.Ni/c1-9-14-19-33-34(20-15-10-2)36(38(37)35(33)30-21-25(6)27(8)26(7)22-30)31-23-28(16-11-3)32(18-13-5)29(24-31)17-12-4;2*1-2-4-6-5-3-1;/h21-24H,9-20H2,1-8H3;2*1-5H;/q;2*-1;+2. The smallest absolute Gasteiger partial charge is 0.493 e. The molecule has 0 bridgehead atoms. The number of hydrogen-bond acceptors (Lipinski definition) is 0. The van der Waals surface area contributed by atoms with Crippen LogP contribution in [-0.2, 0) is 35.8 Å². The maximum Gasteiger partial charge on any atom is 2.00 e. The number of benzene rings is 4. The SMILES string of the molecule is CCCCC1=C(c2cc(C)c(C)c(C)c2)[N+](=[N-])C(c2cc(CCC)c(CCC)c(CCC)c2)=C1CCCC.[Ni+2].[c-]1ccccc1.[c-]1ccccc1. The van der Waals surface area contributed by atoms with Gasteiger partial charge in [0.15, 0.2) is 0 Å². The molecular formula is C48H62N2Ni. The van der Waals surface area contributed by atoms with Crippen LogP contribution in [0.25, 0.3) is 16.9 Å². The van der Waals surface area contributed by atoms with Gasteiger partial charge < -0.3 is 5.53 Å². The zero-order chi connectivity index (χ0) is 36.3. The molecule has 0 N–H and O–H groups in total. The van der Waals surface area contributed by atoms with Gasteiger partial charge >= 0.3 is 16.5 Å². The van der Waals surface area contributed by atoms with Crippen LogP contribution in [0.4, 0.5) is 0 Å². The molecule has 274 valence electrons. The van der Waals surface area contributed by atoms with Crippen LogP contribution in [0.5, 0.6) is 0 Å². The van der Waals surface area contributed by atoms with Crippen molar-refractivity contribution in [1.29, 1.82) is 0 Å². The fourth-order valence-corrected chi connectivity index (χ4v) is 6.84. The van der Waals surface area contributed by atoms with Gasteiger partial charge in [0.2, 0.25) is 11.4 Å². The van der Waals surface area contributed by atoms with Gasteiger partial charge in [-0.1, -0.05) is 66.7 Å². The van der Waals surface area contributed by atoms with Crippen LogP contribution in [0, 0.1) is 32.9 Å². The van der Waals surface area contributed by atoms with E-state index in [0.29, 0.717) is 0 Å². The molecule has 0 unspecified atom stereocenters. The Hall–Kier alpha value is -3.55. The second-order valence-corrected chi connectivity index (χ2v) is 13.6. The summed E-state index contributed by atoms with van der Waals surface area (Å²) >= 11 is 0. The molecule has 3 heteroatoms. The second-order valence-electron chi connectivity index (χ2n) is 13.6. The van der Waals surface area contributed by atoms with Crippen molar-refractivity contribution in [3.63, 3.8) is 0 Å². The molecule has 0 spiro atoms. The molecule has 1 heterocycles. The van der Waals surface area contributed by atoms with Crippen LogP contribution in [0.3, 0.4) is 0 Å². The minimum Gasteiger partial charge on any atom is -0.493 e. The summed E-state index contributed by atoms with van der Waals surface area (Å²) in [7, 11) is 0. The molecule has 1 aliphatic heterocycles. The number of allylic oxidation sites excluding steroid dienone is 2. The van der Waals surface area contributed by atoms with E-state index in [4.69, 9.17) is 0 Å². The third-order valence-corrected chi connectivity index (χ3v) is 9.58. The van der Waals surface area contributed by atoms with Crippen molar-refractivity contribution in [2.45, 2.75) is 132 Å². The van der Waals surface area contributed by atoms with Crippen molar-refractivity contribution >= 4 is 11.4 Å². The van der Waals surface area contributed by atoms with Crippen LogP contribution < -0.4 is 0 Å². The fraction of sp³-hybridized carbons (Fsp3) is 0.417. The Bertz CT molecular complexity index is 1550. The summed E-state index contributed by atoms with van der Waals surface area (Å²) in [6.45, 7) is 18.0. The van der Waals surface area contributed by atoms with Gasteiger partial charge in [0.05, 0.1) is 0 Å². The average molecular weight is 726 g/mol. The Kier molecular flexibility index (Phi) is 20.4. The Morgan fingerprint density at radius 1 is 0.510 bits per heavy atom. The van der Waals surface area contributed by atoms with Crippen LogP contribution in [-0.4, -0.2) is 4.70 Å². The minimum absolute atomic E-state index is 0. The number of rotatable bonds is 14. The molecule has 5 rings (SSSR count). The number of aryl methyl sites for hydroxylation is 4. The predicted octanol–water partition coefficient (Wildman–Crippen LogP) is 14.0. The molecule has 4 aromatic rings. The normalized spacial score (nSPS) is 12.2. The average Bonchev–Trinajstić information content (AvgIpc) is 3.42. The van der Waals surface area contributed by atoms with E-state index in [9.17, 15) is 5.53 Å². The first kappa shape index (κ1) is 43.6. The third kappa shape index (κ3) is 12.6. The molecule has 2 nitrogen and oxygen atoms in total. The fourth-order valence-electron chi connectivity index (χ4n) is 6.84. The number of nitrogens with zero attached hydrogens (tertiary/aromatic N) is 2. The molecule has 0 atom stereocenters. The van der Waals surface area contributed by atoms with Gasteiger partial charge in [-0.15, -0.1) is 0 Å². The molecule has 51 heavy (non-hydrogen) atoms. The van der Waals surface area contributed by atoms with Crippen molar-refractivity contribution in [2.75, 3.05) is 0 Å². The molecule has 0 amide bonds. The second kappa shape index (κ2) is 23.8. The first-order valence-electron chi connectivity index (χ1n) is 19.3. The molecule has 0 aromatic heterocycles. The maximum absolute atomic E-state index is 12.1. The van der Waals surface area contributed by atoms with E-state index in [1.54, 1.807) is 10.3 Å². The summed E-state index contributed by atoms with van der Waals surface area (Å²) in [5.41, 5.74) is 27.6. The first-order valence-corrected chi connectivity index (χ1v) is 19.3.